The van der Waals surface area contributed by atoms with Crippen LogP contribution >= 0.6 is 12.4 Å². The Labute approximate surface area is 159 Å². The lowest BCUT2D eigenvalue weighted by molar-refractivity contribution is -0.137. The van der Waals surface area contributed by atoms with E-state index in [1.54, 1.807) is 31.0 Å². The smallest absolute Gasteiger partial charge is 0.387 e. The molecule has 8 heteroatoms. The van der Waals surface area contributed by atoms with Crippen molar-refractivity contribution in [1.82, 2.24) is 4.90 Å². The molecule has 1 saturated carbocycles. The third-order valence-corrected chi connectivity index (χ3v) is 4.46. The van der Waals surface area contributed by atoms with E-state index in [-0.39, 0.29) is 29.8 Å². The second kappa shape index (κ2) is 9.92. The van der Waals surface area contributed by atoms with Crippen LogP contribution in [0.5, 0.6) is 11.5 Å². The van der Waals surface area contributed by atoms with Crippen molar-refractivity contribution in [2.24, 2.45) is 5.73 Å². The Kier molecular flexibility index (Phi) is 8.56. The van der Waals surface area contributed by atoms with Gasteiger partial charge in [-0.1, -0.05) is 25.3 Å². The molecule has 1 aromatic rings. The van der Waals surface area contributed by atoms with Crippen LogP contribution in [0.25, 0.3) is 0 Å². The highest BCUT2D eigenvalue weighted by Crippen LogP contribution is 2.31. The fraction of sp³-hybridized carbons (Fsp3) is 0.611. The number of carbonyl (C=O) groups is 1. The SMILES string of the molecule is CCOc1cc(CN(C)C(=O)C2(N)CCCCC2)ccc1OC(F)F.Cl. The lowest BCUT2D eigenvalue weighted by Gasteiger charge is -2.35. The number of nitrogens with two attached hydrogens (primary N) is 1. The van der Waals surface area contributed by atoms with Crippen molar-refractivity contribution >= 4 is 18.3 Å². The Morgan fingerprint density at radius 1 is 1.27 bits per heavy atom. The number of halogens is 3. The molecule has 1 aliphatic rings. The fourth-order valence-electron chi connectivity index (χ4n) is 3.23. The van der Waals surface area contributed by atoms with Crippen molar-refractivity contribution in [2.75, 3.05) is 13.7 Å². The zero-order valence-corrected chi connectivity index (χ0v) is 16.0. The summed E-state index contributed by atoms with van der Waals surface area (Å²) in [5, 5.41) is 0. The number of likely N-dealkylation sites (N-methyl/N-ethyl adjacent to an activating group) is 1. The number of hydrogen-bond donors (Lipinski definition) is 1. The van der Waals surface area contributed by atoms with Crippen LogP contribution in [0.15, 0.2) is 18.2 Å². The average molecular weight is 393 g/mol. The van der Waals surface area contributed by atoms with Gasteiger partial charge >= 0.3 is 6.61 Å². The van der Waals surface area contributed by atoms with Gasteiger partial charge in [0, 0.05) is 13.6 Å². The largest absolute Gasteiger partial charge is 0.490 e. The van der Waals surface area contributed by atoms with Crippen molar-refractivity contribution in [3.63, 3.8) is 0 Å². The summed E-state index contributed by atoms with van der Waals surface area (Å²) in [7, 11) is 1.70. The number of benzene rings is 1. The summed E-state index contributed by atoms with van der Waals surface area (Å²) < 4.78 is 34.7. The number of amides is 1. The van der Waals surface area contributed by atoms with Gasteiger partial charge in [0.2, 0.25) is 5.91 Å². The second-order valence-electron chi connectivity index (χ2n) is 6.47. The molecule has 0 radical (unpaired) electrons. The summed E-state index contributed by atoms with van der Waals surface area (Å²) in [6, 6.07) is 4.70. The summed E-state index contributed by atoms with van der Waals surface area (Å²) >= 11 is 0. The minimum atomic E-state index is -2.92. The van der Waals surface area contributed by atoms with Gasteiger partial charge in [-0.25, -0.2) is 0 Å². The van der Waals surface area contributed by atoms with Crippen molar-refractivity contribution in [2.45, 2.75) is 57.7 Å². The van der Waals surface area contributed by atoms with Crippen molar-refractivity contribution in [3.8, 4) is 11.5 Å². The van der Waals surface area contributed by atoms with E-state index in [1.165, 1.54) is 6.07 Å². The zero-order valence-electron chi connectivity index (χ0n) is 15.2. The van der Waals surface area contributed by atoms with Gasteiger partial charge in [-0.05, 0) is 37.5 Å². The standard InChI is InChI=1S/C18H26F2N2O3.ClH/c1-3-24-15-11-13(7-8-14(15)25-17(19)20)12-22(2)16(23)18(21)9-5-4-6-10-18;/h7-8,11,17H,3-6,9-10,12,21H2,1-2H3;1H. The van der Waals surface area contributed by atoms with E-state index in [2.05, 4.69) is 4.74 Å². The van der Waals surface area contributed by atoms with Gasteiger partial charge in [0.1, 0.15) is 0 Å². The van der Waals surface area contributed by atoms with Gasteiger partial charge < -0.3 is 20.1 Å². The van der Waals surface area contributed by atoms with E-state index in [0.717, 1.165) is 24.8 Å². The number of rotatable bonds is 7. The molecule has 1 fully saturated rings. The molecule has 0 aromatic heterocycles. The molecule has 0 atom stereocenters. The number of carbonyl (C=O) groups excluding carboxylic acids is 1. The molecule has 2 N–H and O–H groups in total. The van der Waals surface area contributed by atoms with E-state index in [0.29, 0.717) is 26.0 Å². The Balaban J connectivity index is 0.00000338. The molecule has 26 heavy (non-hydrogen) atoms. The van der Waals surface area contributed by atoms with Gasteiger partial charge in [0.05, 0.1) is 12.1 Å². The lowest BCUT2D eigenvalue weighted by Crippen LogP contribution is -2.55. The van der Waals surface area contributed by atoms with Crippen LogP contribution in [0.2, 0.25) is 0 Å². The number of hydrogen-bond acceptors (Lipinski definition) is 4. The topological polar surface area (TPSA) is 64.8 Å². The molecular formula is C18H27ClF2N2O3. The maximum atomic E-state index is 12.7. The van der Waals surface area contributed by atoms with Gasteiger partial charge in [-0.3, -0.25) is 4.79 Å². The van der Waals surface area contributed by atoms with Crippen LogP contribution in [0, 0.1) is 0 Å². The highest BCUT2D eigenvalue weighted by atomic mass is 35.5. The predicted octanol–water partition coefficient (Wildman–Crippen LogP) is 3.73. The first kappa shape index (κ1) is 22.4. The molecule has 0 bridgehead atoms. The average Bonchev–Trinajstić information content (AvgIpc) is 2.57. The third-order valence-electron chi connectivity index (χ3n) is 4.46. The summed E-state index contributed by atoms with van der Waals surface area (Å²) in [5.74, 6) is 0.136. The van der Waals surface area contributed by atoms with Crippen LogP contribution in [-0.2, 0) is 11.3 Å². The van der Waals surface area contributed by atoms with Gasteiger partial charge in [0.25, 0.3) is 0 Å². The highest BCUT2D eigenvalue weighted by Gasteiger charge is 2.37. The highest BCUT2D eigenvalue weighted by molar-refractivity contribution is 5.86. The van der Waals surface area contributed by atoms with E-state index in [9.17, 15) is 13.6 Å². The Morgan fingerprint density at radius 3 is 2.50 bits per heavy atom. The molecule has 1 amide bonds. The number of nitrogens with zero attached hydrogens (tertiary/aromatic N) is 1. The fourth-order valence-corrected chi connectivity index (χ4v) is 3.23. The summed E-state index contributed by atoms with van der Waals surface area (Å²) in [6.07, 6.45) is 4.43. The molecule has 0 heterocycles. The van der Waals surface area contributed by atoms with Gasteiger partial charge in [-0.2, -0.15) is 8.78 Å². The molecule has 0 unspecified atom stereocenters. The second-order valence-corrected chi connectivity index (χ2v) is 6.47. The molecule has 5 nitrogen and oxygen atoms in total. The van der Waals surface area contributed by atoms with Gasteiger partial charge in [-0.15, -0.1) is 12.4 Å². The molecule has 2 rings (SSSR count). The predicted molar refractivity (Wildman–Crippen MR) is 98.0 cm³/mol. The summed E-state index contributed by atoms with van der Waals surface area (Å²) in [5.41, 5.74) is 6.26. The first-order valence-electron chi connectivity index (χ1n) is 8.60. The Morgan fingerprint density at radius 2 is 1.92 bits per heavy atom. The molecule has 148 valence electrons. The van der Waals surface area contributed by atoms with Gasteiger partial charge in [0.15, 0.2) is 11.5 Å². The van der Waals surface area contributed by atoms with Crippen molar-refractivity contribution in [3.05, 3.63) is 23.8 Å². The molecule has 1 aromatic carbocycles. The van der Waals surface area contributed by atoms with E-state index >= 15 is 0 Å². The molecular weight excluding hydrogens is 366 g/mol. The van der Waals surface area contributed by atoms with Crippen LogP contribution in [0.1, 0.15) is 44.6 Å². The molecule has 1 aliphatic carbocycles. The molecule has 0 saturated heterocycles. The summed E-state index contributed by atoms with van der Waals surface area (Å²) in [4.78, 5) is 14.3. The van der Waals surface area contributed by atoms with E-state index < -0.39 is 12.2 Å². The number of alkyl halides is 2. The monoisotopic (exact) mass is 392 g/mol. The van der Waals surface area contributed by atoms with Crippen LogP contribution in [0.3, 0.4) is 0 Å². The maximum absolute atomic E-state index is 12.7. The van der Waals surface area contributed by atoms with Crippen molar-refractivity contribution < 1.29 is 23.0 Å². The quantitative estimate of drug-likeness (QED) is 0.767. The first-order valence-corrected chi connectivity index (χ1v) is 8.60. The lowest BCUT2D eigenvalue weighted by atomic mass is 9.81. The Hall–Kier alpha value is -1.60. The minimum absolute atomic E-state index is 0. The minimum Gasteiger partial charge on any atom is -0.490 e. The summed E-state index contributed by atoms with van der Waals surface area (Å²) in [6.45, 7) is -0.510. The van der Waals surface area contributed by atoms with E-state index in [1.807, 2.05) is 0 Å². The van der Waals surface area contributed by atoms with E-state index in [4.69, 9.17) is 10.5 Å². The first-order chi connectivity index (χ1) is 11.9. The molecule has 0 aliphatic heterocycles. The zero-order chi connectivity index (χ0) is 18.4. The van der Waals surface area contributed by atoms with Crippen LogP contribution in [-0.4, -0.2) is 36.6 Å². The van der Waals surface area contributed by atoms with Crippen molar-refractivity contribution in [1.29, 1.82) is 0 Å². The van der Waals surface area contributed by atoms with Crippen LogP contribution in [0.4, 0.5) is 8.78 Å². The third kappa shape index (κ3) is 5.71. The molecule has 0 spiro atoms. The van der Waals surface area contributed by atoms with Crippen LogP contribution < -0.4 is 15.2 Å². The maximum Gasteiger partial charge on any atom is 0.387 e. The number of ether oxygens (including phenoxy) is 2. The Bertz CT molecular complexity index is 596. The normalized spacial score (nSPS) is 15.9.